The molecule has 1 amide bonds. The van der Waals surface area contributed by atoms with Crippen LogP contribution in [0, 0.1) is 16.0 Å². The summed E-state index contributed by atoms with van der Waals surface area (Å²) in [6, 6.07) is 1.36. The van der Waals surface area contributed by atoms with Crippen LogP contribution in [-0.4, -0.2) is 28.9 Å². The fraction of sp³-hybridized carbons (Fsp3) is 0.455. The maximum atomic E-state index is 11.1. The molecule has 0 aliphatic heterocycles. The van der Waals surface area contributed by atoms with Gasteiger partial charge in [0.1, 0.15) is 0 Å². The molecule has 0 aliphatic carbocycles. The van der Waals surface area contributed by atoms with E-state index in [1.54, 1.807) is 0 Å². The second-order valence-electron chi connectivity index (χ2n) is 4.49. The summed E-state index contributed by atoms with van der Waals surface area (Å²) in [5.74, 6) is -0.190. The summed E-state index contributed by atoms with van der Waals surface area (Å²) in [5, 5.41) is 11.1. The van der Waals surface area contributed by atoms with E-state index in [4.69, 9.17) is 5.73 Å². The summed E-state index contributed by atoms with van der Waals surface area (Å²) in [6.07, 6.45) is 1.46. The van der Waals surface area contributed by atoms with Gasteiger partial charge in [-0.3, -0.25) is 14.9 Å². The fourth-order valence-corrected chi connectivity index (χ4v) is 1.97. The first kappa shape index (κ1) is 15.4. The van der Waals surface area contributed by atoms with Crippen LogP contribution in [0.5, 0.6) is 0 Å². The molecule has 0 bridgehead atoms. The maximum absolute atomic E-state index is 11.1. The van der Waals surface area contributed by atoms with Crippen molar-refractivity contribution in [2.45, 2.75) is 13.8 Å². The van der Waals surface area contributed by atoms with Crippen LogP contribution in [0.25, 0.3) is 0 Å². The number of hydrogen-bond donors (Lipinski definition) is 1. The van der Waals surface area contributed by atoms with Gasteiger partial charge in [0.15, 0.2) is 0 Å². The summed E-state index contributed by atoms with van der Waals surface area (Å²) in [7, 11) is 0. The monoisotopic (exact) mass is 330 g/mol. The van der Waals surface area contributed by atoms with Crippen molar-refractivity contribution in [3.8, 4) is 0 Å². The average molecular weight is 331 g/mol. The molecule has 0 fully saturated rings. The number of pyridine rings is 1. The number of nitrogens with zero attached hydrogens (tertiary/aromatic N) is 3. The summed E-state index contributed by atoms with van der Waals surface area (Å²) in [5.41, 5.74) is 5.02. The highest BCUT2D eigenvalue weighted by Gasteiger charge is 2.23. The third-order valence-electron chi connectivity index (χ3n) is 2.24. The van der Waals surface area contributed by atoms with E-state index >= 15 is 0 Å². The van der Waals surface area contributed by atoms with Crippen molar-refractivity contribution < 1.29 is 9.72 Å². The molecule has 0 atom stereocenters. The lowest BCUT2D eigenvalue weighted by atomic mass is 10.2. The molecule has 0 aliphatic rings. The molecule has 0 radical (unpaired) electrons. The van der Waals surface area contributed by atoms with Gasteiger partial charge in [0.05, 0.1) is 11.5 Å². The predicted octanol–water partition coefficient (Wildman–Crippen LogP) is 1.70. The van der Waals surface area contributed by atoms with Gasteiger partial charge in [-0.15, -0.1) is 0 Å². The minimum Gasteiger partial charge on any atom is -0.368 e. The van der Waals surface area contributed by atoms with Gasteiger partial charge in [-0.25, -0.2) is 4.98 Å². The Labute approximate surface area is 119 Å². The van der Waals surface area contributed by atoms with Crippen LogP contribution in [0.2, 0.25) is 0 Å². The number of aromatic nitrogens is 1. The van der Waals surface area contributed by atoms with Gasteiger partial charge in [0.2, 0.25) is 11.7 Å². The number of nitrogens with two attached hydrogens (primary N) is 1. The quantitative estimate of drug-likeness (QED) is 0.631. The molecule has 19 heavy (non-hydrogen) atoms. The van der Waals surface area contributed by atoms with E-state index in [0.29, 0.717) is 11.0 Å². The van der Waals surface area contributed by atoms with Crippen molar-refractivity contribution in [2.75, 3.05) is 18.0 Å². The van der Waals surface area contributed by atoms with Gasteiger partial charge in [0.25, 0.3) is 0 Å². The van der Waals surface area contributed by atoms with E-state index in [2.05, 4.69) is 20.9 Å². The van der Waals surface area contributed by atoms with Gasteiger partial charge in [-0.05, 0) is 21.8 Å². The van der Waals surface area contributed by atoms with E-state index in [9.17, 15) is 14.9 Å². The fourth-order valence-electron chi connectivity index (χ4n) is 1.65. The minimum absolute atomic E-state index is 0.104. The Morgan fingerprint density at radius 2 is 2.26 bits per heavy atom. The zero-order valence-corrected chi connectivity index (χ0v) is 12.3. The van der Waals surface area contributed by atoms with E-state index < -0.39 is 10.8 Å². The zero-order chi connectivity index (χ0) is 14.6. The number of carbonyl (C=O) groups excluding carboxylic acids is 1. The second-order valence-corrected chi connectivity index (χ2v) is 5.41. The molecule has 0 unspecified atom stereocenters. The standard InChI is InChI=1S/C11H15BrN4O3/c1-7(2)5-15(6-10(13)17)11-9(16(18)19)3-8(12)4-14-11/h3-4,7H,5-6H2,1-2H3,(H2,13,17). The van der Waals surface area contributed by atoms with Crippen molar-refractivity contribution in [1.29, 1.82) is 0 Å². The number of carbonyl (C=O) groups is 1. The first-order valence-corrected chi connectivity index (χ1v) is 6.43. The van der Waals surface area contributed by atoms with E-state index in [0.717, 1.165) is 0 Å². The van der Waals surface area contributed by atoms with Crippen LogP contribution in [0.15, 0.2) is 16.7 Å². The van der Waals surface area contributed by atoms with Crippen molar-refractivity contribution in [3.63, 3.8) is 0 Å². The van der Waals surface area contributed by atoms with Crippen LogP contribution >= 0.6 is 15.9 Å². The summed E-state index contributed by atoms with van der Waals surface area (Å²) >= 11 is 3.14. The van der Waals surface area contributed by atoms with Crippen LogP contribution in [-0.2, 0) is 4.79 Å². The normalized spacial score (nSPS) is 10.5. The molecule has 8 heteroatoms. The Morgan fingerprint density at radius 1 is 1.63 bits per heavy atom. The molecule has 1 aromatic rings. The van der Waals surface area contributed by atoms with Gasteiger partial charge >= 0.3 is 5.69 Å². The van der Waals surface area contributed by atoms with E-state index in [1.165, 1.54) is 17.2 Å². The highest BCUT2D eigenvalue weighted by Crippen LogP contribution is 2.28. The minimum atomic E-state index is -0.556. The molecule has 1 rings (SSSR count). The third-order valence-corrected chi connectivity index (χ3v) is 2.68. The number of anilines is 1. The first-order valence-electron chi connectivity index (χ1n) is 5.64. The molecular weight excluding hydrogens is 316 g/mol. The van der Waals surface area contributed by atoms with Gasteiger partial charge < -0.3 is 10.6 Å². The van der Waals surface area contributed by atoms with E-state index in [1.807, 2.05) is 13.8 Å². The molecule has 104 valence electrons. The Kier molecular flexibility index (Phi) is 5.22. The van der Waals surface area contributed by atoms with Crippen molar-refractivity contribution in [3.05, 3.63) is 26.9 Å². The van der Waals surface area contributed by atoms with E-state index in [-0.39, 0.29) is 24.0 Å². The number of nitro groups is 1. The Bertz CT molecular complexity index is 493. The third kappa shape index (κ3) is 4.47. The lowest BCUT2D eigenvalue weighted by Crippen LogP contribution is -2.37. The number of amides is 1. The molecule has 7 nitrogen and oxygen atoms in total. The van der Waals surface area contributed by atoms with Gasteiger partial charge in [-0.1, -0.05) is 13.8 Å². The Morgan fingerprint density at radius 3 is 2.74 bits per heavy atom. The largest absolute Gasteiger partial charge is 0.368 e. The summed E-state index contributed by atoms with van der Waals surface area (Å²) in [6.45, 7) is 4.24. The number of hydrogen-bond acceptors (Lipinski definition) is 5. The predicted molar refractivity (Wildman–Crippen MR) is 74.8 cm³/mol. The highest BCUT2D eigenvalue weighted by atomic mass is 79.9. The highest BCUT2D eigenvalue weighted by molar-refractivity contribution is 9.10. The maximum Gasteiger partial charge on any atom is 0.312 e. The zero-order valence-electron chi connectivity index (χ0n) is 10.7. The van der Waals surface area contributed by atoms with Crippen molar-refractivity contribution in [2.24, 2.45) is 11.7 Å². The number of primary amides is 1. The van der Waals surface area contributed by atoms with Gasteiger partial charge in [-0.2, -0.15) is 0 Å². The number of rotatable bonds is 6. The van der Waals surface area contributed by atoms with Crippen molar-refractivity contribution >= 4 is 33.3 Å². The first-order chi connectivity index (χ1) is 8.81. The topological polar surface area (TPSA) is 102 Å². The molecule has 1 heterocycles. The Hall–Kier alpha value is -1.70. The molecule has 2 N–H and O–H groups in total. The molecule has 1 aromatic heterocycles. The molecule has 0 spiro atoms. The van der Waals surface area contributed by atoms with Gasteiger partial charge in [0, 0.05) is 23.3 Å². The van der Waals surface area contributed by atoms with Crippen LogP contribution in [0.1, 0.15) is 13.8 Å². The second kappa shape index (κ2) is 6.46. The summed E-state index contributed by atoms with van der Waals surface area (Å²) in [4.78, 5) is 27.2. The van der Waals surface area contributed by atoms with Crippen molar-refractivity contribution in [1.82, 2.24) is 4.98 Å². The summed E-state index contributed by atoms with van der Waals surface area (Å²) < 4.78 is 0.506. The molecule has 0 saturated heterocycles. The lowest BCUT2D eigenvalue weighted by Gasteiger charge is -2.23. The lowest BCUT2D eigenvalue weighted by molar-refractivity contribution is -0.384. The molecular formula is C11H15BrN4O3. The SMILES string of the molecule is CC(C)CN(CC(N)=O)c1ncc(Br)cc1[N+](=O)[O-]. The molecule has 0 aromatic carbocycles. The molecule has 0 saturated carbocycles. The Balaban J connectivity index is 3.20. The van der Waals surface area contributed by atoms with Crippen LogP contribution in [0.3, 0.4) is 0 Å². The number of halogens is 1. The van der Waals surface area contributed by atoms with Crippen LogP contribution in [0.4, 0.5) is 11.5 Å². The smallest absolute Gasteiger partial charge is 0.312 e. The van der Waals surface area contributed by atoms with Crippen LogP contribution < -0.4 is 10.6 Å². The average Bonchev–Trinajstić information content (AvgIpc) is 2.26.